The lowest BCUT2D eigenvalue weighted by molar-refractivity contribution is 0.312. The van der Waals surface area contributed by atoms with Crippen molar-refractivity contribution in [2.45, 2.75) is 0 Å². The largest absolute Gasteiger partial charge is 0.354 e. The maximum atomic E-state index is 4.73. The fraction of sp³-hybridized carbons (Fsp3) is 0.217. The molecule has 1 fully saturated rings. The number of nitrogens with one attached hydrogen (secondary N) is 1. The summed E-state index contributed by atoms with van der Waals surface area (Å²) in [4.78, 5) is 21.6. The molecule has 0 amide bonds. The molecule has 31 heavy (non-hydrogen) atoms. The molecule has 0 radical (unpaired) electrons. The van der Waals surface area contributed by atoms with Crippen LogP contribution < -0.4 is 4.90 Å². The molecule has 1 N–H and O–H groups in total. The Kier molecular flexibility index (Phi) is 4.17. The summed E-state index contributed by atoms with van der Waals surface area (Å²) in [5.41, 5.74) is 5.95. The topological polar surface area (TPSA) is 78.2 Å². The monoisotopic (exact) mass is 410 g/mol. The Labute approximate surface area is 179 Å². The second kappa shape index (κ2) is 7.17. The highest BCUT2D eigenvalue weighted by atomic mass is 15.3. The number of hydrogen-bond acceptors (Lipinski definition) is 6. The van der Waals surface area contributed by atoms with Crippen LogP contribution in [0.4, 0.5) is 5.82 Å². The average molecular weight is 410 g/mol. The molecule has 6 heterocycles. The second-order valence-electron chi connectivity index (χ2n) is 8.00. The van der Waals surface area contributed by atoms with E-state index in [9.17, 15) is 0 Å². The number of nitrogens with zero attached hydrogens (tertiary/aromatic N) is 7. The van der Waals surface area contributed by atoms with E-state index in [2.05, 4.69) is 61.2 Å². The first-order chi connectivity index (χ1) is 15.2. The molecule has 0 saturated carbocycles. The standard InChI is InChI=1S/C23H22N8/c1-29-6-8-30(9-7-29)21-4-2-16(11-24-21)18-10-19-20(13-26-23(19)25-12-18)17-3-5-22-27-15-28-31(22)14-17/h2-5,10-15H,6-9H2,1H3,(H,25,26). The summed E-state index contributed by atoms with van der Waals surface area (Å²) in [5, 5.41) is 5.32. The van der Waals surface area contributed by atoms with Gasteiger partial charge in [-0.1, -0.05) is 0 Å². The van der Waals surface area contributed by atoms with Gasteiger partial charge in [-0.2, -0.15) is 5.10 Å². The highest BCUT2D eigenvalue weighted by Crippen LogP contribution is 2.31. The average Bonchev–Trinajstić information content (AvgIpc) is 3.45. The molecule has 0 aliphatic carbocycles. The van der Waals surface area contributed by atoms with Gasteiger partial charge in [0.1, 0.15) is 17.8 Å². The second-order valence-corrected chi connectivity index (χ2v) is 8.00. The van der Waals surface area contributed by atoms with Crippen LogP contribution in [0.2, 0.25) is 0 Å². The lowest BCUT2D eigenvalue weighted by atomic mass is 10.0. The SMILES string of the molecule is CN1CCN(c2ccc(-c3cnc4[nH]cc(-c5ccc6ncnn6c5)c4c3)cn2)CC1. The highest BCUT2D eigenvalue weighted by molar-refractivity contribution is 5.95. The summed E-state index contributed by atoms with van der Waals surface area (Å²) < 4.78 is 1.78. The predicted octanol–water partition coefficient (Wildman–Crippen LogP) is 3.09. The van der Waals surface area contributed by atoms with Crippen molar-refractivity contribution in [3.8, 4) is 22.3 Å². The molecular formula is C23H22N8. The molecule has 5 aromatic rings. The summed E-state index contributed by atoms with van der Waals surface area (Å²) in [5.74, 6) is 1.04. The van der Waals surface area contributed by atoms with Gasteiger partial charge in [0.05, 0.1) is 0 Å². The molecular weight excluding hydrogens is 388 g/mol. The molecule has 1 aliphatic rings. The van der Waals surface area contributed by atoms with E-state index < -0.39 is 0 Å². The first-order valence-corrected chi connectivity index (χ1v) is 10.4. The van der Waals surface area contributed by atoms with Crippen molar-refractivity contribution in [3.63, 3.8) is 0 Å². The van der Waals surface area contributed by atoms with Gasteiger partial charge in [0.15, 0.2) is 5.65 Å². The Hall–Kier alpha value is -3.78. The quantitative estimate of drug-likeness (QED) is 0.493. The van der Waals surface area contributed by atoms with E-state index in [1.165, 1.54) is 0 Å². The van der Waals surface area contributed by atoms with E-state index in [4.69, 9.17) is 4.98 Å². The maximum absolute atomic E-state index is 4.73. The van der Waals surface area contributed by atoms with Crippen LogP contribution in [0.25, 0.3) is 38.9 Å². The van der Waals surface area contributed by atoms with Crippen LogP contribution in [0.15, 0.2) is 61.4 Å². The summed E-state index contributed by atoms with van der Waals surface area (Å²) in [7, 11) is 2.16. The van der Waals surface area contributed by atoms with E-state index in [0.29, 0.717) is 0 Å². The van der Waals surface area contributed by atoms with Crippen LogP contribution in [-0.4, -0.2) is 67.7 Å². The Morgan fingerprint density at radius 2 is 1.71 bits per heavy atom. The predicted molar refractivity (Wildman–Crippen MR) is 121 cm³/mol. The molecule has 5 aromatic heterocycles. The number of piperazine rings is 1. The highest BCUT2D eigenvalue weighted by Gasteiger charge is 2.15. The Balaban J connectivity index is 1.34. The molecule has 8 nitrogen and oxygen atoms in total. The van der Waals surface area contributed by atoms with Crippen molar-refractivity contribution in [2.75, 3.05) is 38.1 Å². The number of aromatic nitrogens is 6. The van der Waals surface area contributed by atoms with Gasteiger partial charge in [0.2, 0.25) is 0 Å². The van der Waals surface area contributed by atoms with Gasteiger partial charge < -0.3 is 14.8 Å². The van der Waals surface area contributed by atoms with Crippen LogP contribution in [0.3, 0.4) is 0 Å². The molecule has 0 spiro atoms. The van der Waals surface area contributed by atoms with E-state index in [0.717, 1.165) is 70.9 Å². The lowest BCUT2D eigenvalue weighted by Gasteiger charge is -2.33. The van der Waals surface area contributed by atoms with Crippen LogP contribution >= 0.6 is 0 Å². The van der Waals surface area contributed by atoms with Gasteiger partial charge in [-0.3, -0.25) is 0 Å². The number of pyridine rings is 3. The Bertz CT molecular complexity index is 1360. The van der Waals surface area contributed by atoms with E-state index >= 15 is 0 Å². The zero-order chi connectivity index (χ0) is 20.8. The number of anilines is 1. The third kappa shape index (κ3) is 3.21. The number of H-pyrrole nitrogens is 1. The van der Waals surface area contributed by atoms with Crippen molar-refractivity contribution in [2.24, 2.45) is 0 Å². The van der Waals surface area contributed by atoms with Crippen LogP contribution in [0.1, 0.15) is 0 Å². The summed E-state index contributed by atoms with van der Waals surface area (Å²) in [6.07, 6.45) is 9.39. The van der Waals surface area contributed by atoms with Crippen LogP contribution in [-0.2, 0) is 0 Å². The van der Waals surface area contributed by atoms with Gasteiger partial charge in [0, 0.05) is 78.6 Å². The maximum Gasteiger partial charge on any atom is 0.155 e. The molecule has 1 saturated heterocycles. The first kappa shape index (κ1) is 18.0. The van der Waals surface area contributed by atoms with Crippen LogP contribution in [0, 0.1) is 0 Å². The van der Waals surface area contributed by atoms with Gasteiger partial charge >= 0.3 is 0 Å². The number of likely N-dealkylation sites (N-methyl/N-ethyl adjacent to an activating group) is 1. The number of rotatable bonds is 3. The molecule has 0 aromatic carbocycles. The van der Waals surface area contributed by atoms with Gasteiger partial charge in [0.25, 0.3) is 0 Å². The van der Waals surface area contributed by atoms with Crippen molar-refractivity contribution in [3.05, 3.63) is 61.4 Å². The van der Waals surface area contributed by atoms with E-state index in [1.54, 1.807) is 10.8 Å². The molecule has 6 rings (SSSR count). The van der Waals surface area contributed by atoms with E-state index in [-0.39, 0.29) is 0 Å². The van der Waals surface area contributed by atoms with Crippen molar-refractivity contribution in [1.29, 1.82) is 0 Å². The summed E-state index contributed by atoms with van der Waals surface area (Å²) >= 11 is 0. The summed E-state index contributed by atoms with van der Waals surface area (Å²) in [6, 6.07) is 10.5. The third-order valence-electron chi connectivity index (χ3n) is 6.02. The Morgan fingerprint density at radius 3 is 2.55 bits per heavy atom. The molecule has 0 bridgehead atoms. The minimum atomic E-state index is 0.828. The number of hydrogen-bond donors (Lipinski definition) is 1. The molecule has 1 aliphatic heterocycles. The zero-order valence-corrected chi connectivity index (χ0v) is 17.2. The molecule has 154 valence electrons. The lowest BCUT2D eigenvalue weighted by Crippen LogP contribution is -2.44. The zero-order valence-electron chi connectivity index (χ0n) is 17.2. The van der Waals surface area contributed by atoms with E-state index in [1.807, 2.05) is 30.9 Å². The summed E-state index contributed by atoms with van der Waals surface area (Å²) in [6.45, 7) is 4.17. The minimum absolute atomic E-state index is 0.828. The third-order valence-corrected chi connectivity index (χ3v) is 6.02. The van der Waals surface area contributed by atoms with Gasteiger partial charge in [-0.25, -0.2) is 19.5 Å². The fourth-order valence-corrected chi connectivity index (χ4v) is 4.16. The molecule has 0 atom stereocenters. The smallest absolute Gasteiger partial charge is 0.155 e. The Morgan fingerprint density at radius 1 is 0.871 bits per heavy atom. The number of fused-ring (bicyclic) bond motifs is 2. The molecule has 0 unspecified atom stereocenters. The van der Waals surface area contributed by atoms with Crippen LogP contribution in [0.5, 0.6) is 0 Å². The van der Waals surface area contributed by atoms with Crippen molar-refractivity contribution >= 4 is 22.5 Å². The van der Waals surface area contributed by atoms with Crippen molar-refractivity contribution < 1.29 is 0 Å². The number of aromatic amines is 1. The fourth-order valence-electron chi connectivity index (χ4n) is 4.16. The van der Waals surface area contributed by atoms with Gasteiger partial charge in [-0.05, 0) is 37.4 Å². The minimum Gasteiger partial charge on any atom is -0.354 e. The molecule has 8 heteroatoms. The van der Waals surface area contributed by atoms with Gasteiger partial charge in [-0.15, -0.1) is 0 Å². The van der Waals surface area contributed by atoms with Crippen molar-refractivity contribution in [1.82, 2.24) is 34.4 Å². The normalized spacial score (nSPS) is 15.2. The first-order valence-electron chi connectivity index (χ1n) is 10.4.